The maximum atomic E-state index is 14.4. The molecule has 0 aliphatic carbocycles. The Morgan fingerprint density at radius 3 is 2.64 bits per heavy atom. The average molecular weight is 377 g/mol. The summed E-state index contributed by atoms with van der Waals surface area (Å²) in [5.41, 5.74) is 3.34. The number of halogens is 1. The van der Waals surface area contributed by atoms with E-state index in [0.29, 0.717) is 11.3 Å². The van der Waals surface area contributed by atoms with E-state index in [2.05, 4.69) is 27.0 Å². The maximum absolute atomic E-state index is 14.4. The minimum absolute atomic E-state index is 0.246. The summed E-state index contributed by atoms with van der Waals surface area (Å²) in [6.07, 6.45) is 5.48. The Bertz CT molecular complexity index is 929. The zero-order valence-corrected chi connectivity index (χ0v) is 16.0. The quantitative estimate of drug-likeness (QED) is 0.648. The second-order valence-corrected chi connectivity index (χ2v) is 7.19. The smallest absolute Gasteiger partial charge is 0.132 e. The molecule has 1 aliphatic rings. The summed E-state index contributed by atoms with van der Waals surface area (Å²) in [7, 11) is 1.68. The van der Waals surface area contributed by atoms with Gasteiger partial charge >= 0.3 is 0 Å². The van der Waals surface area contributed by atoms with E-state index in [-0.39, 0.29) is 11.7 Å². The first-order chi connectivity index (χ1) is 13.7. The number of aromatic nitrogens is 2. The van der Waals surface area contributed by atoms with Crippen LogP contribution >= 0.6 is 0 Å². The SMILES string of the molecule is COc1ccc(CN2CCC[C@H](c3nccnc3-c3ccccc3F)C2)cc1. The maximum Gasteiger partial charge on any atom is 0.132 e. The van der Waals surface area contributed by atoms with E-state index in [4.69, 9.17) is 4.74 Å². The lowest BCUT2D eigenvalue weighted by Gasteiger charge is -2.33. The first-order valence-electron chi connectivity index (χ1n) is 9.65. The zero-order valence-electron chi connectivity index (χ0n) is 16.0. The largest absolute Gasteiger partial charge is 0.497 e. The fraction of sp³-hybridized carbons (Fsp3) is 0.304. The molecule has 1 aromatic heterocycles. The number of methoxy groups -OCH3 is 1. The van der Waals surface area contributed by atoms with Crippen LogP contribution in [0.3, 0.4) is 0 Å². The van der Waals surface area contributed by atoms with Gasteiger partial charge in [0.15, 0.2) is 0 Å². The molecule has 4 rings (SSSR count). The monoisotopic (exact) mass is 377 g/mol. The lowest BCUT2D eigenvalue weighted by atomic mass is 9.91. The van der Waals surface area contributed by atoms with Gasteiger partial charge in [-0.25, -0.2) is 4.39 Å². The lowest BCUT2D eigenvalue weighted by molar-refractivity contribution is 0.198. The van der Waals surface area contributed by atoms with Crippen molar-refractivity contribution in [1.82, 2.24) is 14.9 Å². The third-order valence-electron chi connectivity index (χ3n) is 5.31. The van der Waals surface area contributed by atoms with E-state index in [1.807, 2.05) is 18.2 Å². The number of piperidine rings is 1. The minimum atomic E-state index is -0.254. The van der Waals surface area contributed by atoms with Gasteiger partial charge < -0.3 is 4.74 Å². The third kappa shape index (κ3) is 4.04. The van der Waals surface area contributed by atoms with Crippen molar-refractivity contribution >= 4 is 0 Å². The molecular formula is C23H24FN3O. The van der Waals surface area contributed by atoms with Gasteiger partial charge in [0.25, 0.3) is 0 Å². The van der Waals surface area contributed by atoms with Gasteiger partial charge in [0.05, 0.1) is 18.5 Å². The highest BCUT2D eigenvalue weighted by Gasteiger charge is 2.26. The zero-order chi connectivity index (χ0) is 19.3. The van der Waals surface area contributed by atoms with Crippen LogP contribution in [0, 0.1) is 5.82 Å². The molecule has 1 aliphatic heterocycles. The Morgan fingerprint density at radius 2 is 1.86 bits per heavy atom. The fourth-order valence-electron chi connectivity index (χ4n) is 3.92. The van der Waals surface area contributed by atoms with Crippen LogP contribution in [-0.2, 0) is 6.54 Å². The van der Waals surface area contributed by atoms with Crippen molar-refractivity contribution < 1.29 is 9.13 Å². The predicted molar refractivity (Wildman–Crippen MR) is 108 cm³/mol. The van der Waals surface area contributed by atoms with Crippen LogP contribution < -0.4 is 4.74 Å². The first kappa shape index (κ1) is 18.6. The van der Waals surface area contributed by atoms with Crippen LogP contribution in [0.5, 0.6) is 5.75 Å². The topological polar surface area (TPSA) is 38.2 Å². The van der Waals surface area contributed by atoms with Crippen LogP contribution in [0.15, 0.2) is 60.9 Å². The predicted octanol–water partition coefficient (Wildman–Crippen LogP) is 4.67. The standard InChI is InChI=1S/C23H24FN3O/c1-28-19-10-8-17(9-11-19)15-27-14-4-5-18(16-27)22-23(26-13-12-25-22)20-6-2-3-7-21(20)24/h2-3,6-13,18H,4-5,14-16H2,1H3/t18-/m0/s1. The lowest BCUT2D eigenvalue weighted by Crippen LogP contribution is -2.34. The molecule has 2 heterocycles. The molecule has 2 aromatic carbocycles. The van der Waals surface area contributed by atoms with Crippen molar-refractivity contribution in [1.29, 1.82) is 0 Å². The van der Waals surface area contributed by atoms with Gasteiger partial charge in [0, 0.05) is 37.0 Å². The number of likely N-dealkylation sites (tertiary alicyclic amines) is 1. The van der Waals surface area contributed by atoms with Crippen LogP contribution in [0.4, 0.5) is 4.39 Å². The molecule has 144 valence electrons. The number of hydrogen-bond donors (Lipinski definition) is 0. The van der Waals surface area contributed by atoms with Crippen LogP contribution in [0.1, 0.15) is 30.0 Å². The molecule has 5 heteroatoms. The van der Waals surface area contributed by atoms with E-state index in [1.54, 1.807) is 31.6 Å². The first-order valence-corrected chi connectivity index (χ1v) is 9.65. The molecule has 0 saturated carbocycles. The van der Waals surface area contributed by atoms with Crippen LogP contribution in [0.25, 0.3) is 11.3 Å². The van der Waals surface area contributed by atoms with Gasteiger partial charge in [-0.1, -0.05) is 24.3 Å². The number of hydrogen-bond acceptors (Lipinski definition) is 4. The molecule has 0 amide bonds. The second kappa shape index (κ2) is 8.48. The van der Waals surface area contributed by atoms with Crippen molar-refractivity contribution in [3.8, 4) is 17.0 Å². The molecule has 4 nitrogen and oxygen atoms in total. The highest BCUT2D eigenvalue weighted by atomic mass is 19.1. The molecule has 0 spiro atoms. The highest BCUT2D eigenvalue weighted by Crippen LogP contribution is 2.33. The van der Waals surface area contributed by atoms with Crippen molar-refractivity contribution in [3.05, 3.63) is 78.0 Å². The Hall–Kier alpha value is -2.79. The second-order valence-electron chi connectivity index (χ2n) is 7.19. The summed E-state index contributed by atoms with van der Waals surface area (Å²) in [4.78, 5) is 11.5. The van der Waals surface area contributed by atoms with E-state index in [0.717, 1.165) is 43.9 Å². The summed E-state index contributed by atoms with van der Waals surface area (Å²) in [5.74, 6) is 0.861. The summed E-state index contributed by atoms with van der Waals surface area (Å²) in [6, 6.07) is 15.0. The average Bonchev–Trinajstić information content (AvgIpc) is 2.75. The van der Waals surface area contributed by atoms with E-state index in [1.165, 1.54) is 11.6 Å². The molecule has 0 N–H and O–H groups in total. The van der Waals surface area contributed by atoms with E-state index >= 15 is 0 Å². The third-order valence-corrected chi connectivity index (χ3v) is 5.31. The Morgan fingerprint density at radius 1 is 1.07 bits per heavy atom. The summed E-state index contributed by atoms with van der Waals surface area (Å²) >= 11 is 0. The highest BCUT2D eigenvalue weighted by molar-refractivity contribution is 5.62. The number of ether oxygens (including phenoxy) is 1. The Kier molecular flexibility index (Phi) is 5.63. The van der Waals surface area contributed by atoms with Crippen molar-refractivity contribution in [2.24, 2.45) is 0 Å². The van der Waals surface area contributed by atoms with Crippen molar-refractivity contribution in [3.63, 3.8) is 0 Å². The number of nitrogens with zero attached hydrogens (tertiary/aromatic N) is 3. The van der Waals surface area contributed by atoms with Gasteiger partial charge in [-0.15, -0.1) is 0 Å². The molecule has 1 saturated heterocycles. The molecule has 0 unspecified atom stereocenters. The van der Waals surface area contributed by atoms with Gasteiger partial charge in [0.2, 0.25) is 0 Å². The molecule has 0 radical (unpaired) electrons. The van der Waals surface area contributed by atoms with Gasteiger partial charge in [0.1, 0.15) is 11.6 Å². The summed E-state index contributed by atoms with van der Waals surface area (Å²) in [5, 5.41) is 0. The minimum Gasteiger partial charge on any atom is -0.497 e. The fourth-order valence-corrected chi connectivity index (χ4v) is 3.92. The van der Waals surface area contributed by atoms with Crippen molar-refractivity contribution in [2.75, 3.05) is 20.2 Å². The molecule has 1 atom stereocenters. The Labute approximate surface area is 165 Å². The number of benzene rings is 2. The molecule has 0 bridgehead atoms. The van der Waals surface area contributed by atoms with E-state index < -0.39 is 0 Å². The van der Waals surface area contributed by atoms with Gasteiger partial charge in [-0.3, -0.25) is 14.9 Å². The number of rotatable bonds is 5. The summed E-state index contributed by atoms with van der Waals surface area (Å²) < 4.78 is 19.6. The molecule has 1 fully saturated rings. The normalized spacial score (nSPS) is 17.4. The Balaban J connectivity index is 1.54. The molecule has 28 heavy (non-hydrogen) atoms. The van der Waals surface area contributed by atoms with Gasteiger partial charge in [-0.05, 0) is 49.2 Å². The van der Waals surface area contributed by atoms with E-state index in [9.17, 15) is 4.39 Å². The summed E-state index contributed by atoms with van der Waals surface area (Å²) in [6.45, 7) is 2.83. The van der Waals surface area contributed by atoms with Crippen molar-refractivity contribution in [2.45, 2.75) is 25.3 Å². The molecular weight excluding hydrogens is 353 g/mol. The molecule has 3 aromatic rings. The van der Waals surface area contributed by atoms with Crippen LogP contribution in [0.2, 0.25) is 0 Å². The van der Waals surface area contributed by atoms with Gasteiger partial charge in [-0.2, -0.15) is 0 Å². The van der Waals surface area contributed by atoms with Crippen LogP contribution in [-0.4, -0.2) is 35.1 Å².